The Hall–Kier alpha value is -1.06. The predicted molar refractivity (Wildman–Crippen MR) is 104 cm³/mol. The molecule has 4 heteroatoms. The average molecular weight is 366 g/mol. The smallest absolute Gasteiger partial charge is 0.337 e. The Morgan fingerprint density at radius 1 is 1.24 bits per heavy atom. The first-order chi connectivity index (χ1) is 11.8. The fourth-order valence-electron chi connectivity index (χ4n) is 4.57. The number of methoxy groups -OCH3 is 1. The number of carbonyl (C=O) groups is 1. The third-order valence-electron chi connectivity index (χ3n) is 5.67. The molecule has 1 aromatic rings. The predicted octanol–water partition coefficient (Wildman–Crippen LogP) is 4.91. The number of benzene rings is 1. The molecule has 0 bridgehead atoms. The number of rotatable bonds is 8. The number of carbonyl (C=O) groups excluding carboxylic acids is 1. The molecular formula is C21H32ClNO2. The highest BCUT2D eigenvalue weighted by molar-refractivity contribution is 6.17. The maximum absolute atomic E-state index is 11.6. The number of alkyl halides is 1. The minimum atomic E-state index is -0.277. The van der Waals surface area contributed by atoms with Crippen LogP contribution in [0.25, 0.3) is 0 Å². The van der Waals surface area contributed by atoms with Gasteiger partial charge in [0.25, 0.3) is 0 Å². The Morgan fingerprint density at radius 2 is 1.88 bits per heavy atom. The van der Waals surface area contributed by atoms with Gasteiger partial charge in [-0.15, -0.1) is 11.6 Å². The van der Waals surface area contributed by atoms with Gasteiger partial charge in [0.05, 0.1) is 12.7 Å². The Kier molecular flexibility index (Phi) is 6.93. The zero-order valence-electron chi connectivity index (χ0n) is 16.2. The van der Waals surface area contributed by atoms with E-state index in [-0.39, 0.29) is 11.5 Å². The van der Waals surface area contributed by atoms with Crippen LogP contribution in [0.5, 0.6) is 0 Å². The second-order valence-electron chi connectivity index (χ2n) is 7.91. The van der Waals surface area contributed by atoms with Crippen LogP contribution in [0.4, 0.5) is 0 Å². The van der Waals surface area contributed by atoms with E-state index in [0.717, 1.165) is 18.7 Å². The molecule has 0 amide bonds. The first-order valence-electron chi connectivity index (χ1n) is 9.34. The van der Waals surface area contributed by atoms with Gasteiger partial charge in [0.1, 0.15) is 0 Å². The van der Waals surface area contributed by atoms with Crippen LogP contribution in [0.15, 0.2) is 24.3 Å². The molecule has 1 saturated heterocycles. The van der Waals surface area contributed by atoms with Crippen LogP contribution in [0, 0.1) is 5.92 Å². The number of halogens is 1. The lowest BCUT2D eigenvalue weighted by atomic mass is 9.65. The van der Waals surface area contributed by atoms with Gasteiger partial charge in [0, 0.05) is 23.5 Å². The van der Waals surface area contributed by atoms with E-state index in [9.17, 15) is 4.79 Å². The average Bonchev–Trinajstić information content (AvgIpc) is 2.58. The minimum Gasteiger partial charge on any atom is -0.465 e. The van der Waals surface area contributed by atoms with Crippen molar-refractivity contribution in [2.45, 2.75) is 71.0 Å². The fraction of sp³-hybridized carbons (Fsp3) is 0.667. The van der Waals surface area contributed by atoms with Crippen molar-refractivity contribution in [3.8, 4) is 0 Å². The summed E-state index contributed by atoms with van der Waals surface area (Å²) in [6.45, 7) is 9.30. The number of hydrogen-bond donors (Lipinski definition) is 0. The SMILES string of the molecule is COC(=O)c1ccc(CC2C(CCCCCl)N(C(C)C)C2(C)C)cc1. The van der Waals surface area contributed by atoms with Gasteiger partial charge < -0.3 is 4.74 Å². The quantitative estimate of drug-likeness (QED) is 0.372. The Labute approximate surface area is 157 Å². The van der Waals surface area contributed by atoms with Crippen molar-refractivity contribution in [2.75, 3.05) is 13.0 Å². The topological polar surface area (TPSA) is 29.5 Å². The first-order valence-corrected chi connectivity index (χ1v) is 9.88. The van der Waals surface area contributed by atoms with Crippen molar-refractivity contribution in [3.05, 3.63) is 35.4 Å². The summed E-state index contributed by atoms with van der Waals surface area (Å²) in [5, 5.41) is 0. The molecule has 0 saturated carbocycles. The van der Waals surface area contributed by atoms with Gasteiger partial charge in [-0.05, 0) is 70.6 Å². The summed E-state index contributed by atoms with van der Waals surface area (Å²) in [4.78, 5) is 14.3. The summed E-state index contributed by atoms with van der Waals surface area (Å²) in [5.41, 5.74) is 2.10. The van der Waals surface area contributed by atoms with Gasteiger partial charge in [0.2, 0.25) is 0 Å². The highest BCUT2D eigenvalue weighted by Crippen LogP contribution is 2.47. The minimum absolute atomic E-state index is 0.195. The Bertz CT molecular complexity index is 568. The summed E-state index contributed by atoms with van der Waals surface area (Å²) >= 11 is 5.87. The lowest BCUT2D eigenvalue weighted by molar-refractivity contribution is -0.141. The molecule has 1 fully saturated rings. The van der Waals surface area contributed by atoms with Gasteiger partial charge in [-0.2, -0.15) is 0 Å². The molecule has 2 rings (SSSR count). The maximum Gasteiger partial charge on any atom is 0.337 e. The molecule has 0 aromatic heterocycles. The highest BCUT2D eigenvalue weighted by atomic mass is 35.5. The summed E-state index contributed by atoms with van der Waals surface area (Å²) in [6.07, 6.45) is 4.53. The number of ether oxygens (including phenoxy) is 1. The van der Waals surface area contributed by atoms with Crippen LogP contribution >= 0.6 is 11.6 Å². The summed E-state index contributed by atoms with van der Waals surface area (Å²) in [6, 6.07) is 9.03. The van der Waals surface area contributed by atoms with E-state index in [4.69, 9.17) is 16.3 Å². The molecule has 2 unspecified atom stereocenters. The molecule has 0 aliphatic carbocycles. The largest absolute Gasteiger partial charge is 0.465 e. The van der Waals surface area contributed by atoms with Gasteiger partial charge in [-0.25, -0.2) is 4.79 Å². The van der Waals surface area contributed by atoms with Crippen LogP contribution in [0.2, 0.25) is 0 Å². The zero-order valence-corrected chi connectivity index (χ0v) is 17.0. The molecule has 1 aliphatic heterocycles. The van der Waals surface area contributed by atoms with E-state index in [1.165, 1.54) is 25.5 Å². The summed E-state index contributed by atoms with van der Waals surface area (Å²) in [5.74, 6) is 1.09. The van der Waals surface area contributed by atoms with Crippen LogP contribution in [0.3, 0.4) is 0 Å². The first kappa shape index (κ1) is 20.3. The second-order valence-corrected chi connectivity index (χ2v) is 8.28. The van der Waals surface area contributed by atoms with Crippen molar-refractivity contribution in [1.29, 1.82) is 0 Å². The lowest BCUT2D eigenvalue weighted by Gasteiger charge is -2.64. The third-order valence-corrected chi connectivity index (χ3v) is 5.93. The second kappa shape index (κ2) is 8.55. The zero-order chi connectivity index (χ0) is 18.6. The van der Waals surface area contributed by atoms with Gasteiger partial charge in [-0.3, -0.25) is 4.90 Å². The maximum atomic E-state index is 11.6. The van der Waals surface area contributed by atoms with Gasteiger partial charge in [-0.1, -0.05) is 18.6 Å². The van der Waals surface area contributed by atoms with Gasteiger partial charge >= 0.3 is 5.97 Å². The lowest BCUT2D eigenvalue weighted by Crippen LogP contribution is -2.72. The normalized spacial score (nSPS) is 22.7. The molecule has 25 heavy (non-hydrogen) atoms. The molecule has 2 atom stereocenters. The van der Waals surface area contributed by atoms with E-state index in [1.807, 2.05) is 12.1 Å². The van der Waals surface area contributed by atoms with Crippen molar-refractivity contribution < 1.29 is 9.53 Å². The fourth-order valence-corrected chi connectivity index (χ4v) is 4.76. The molecule has 3 nitrogen and oxygen atoms in total. The molecule has 1 aliphatic rings. The highest BCUT2D eigenvalue weighted by Gasteiger charge is 2.54. The monoisotopic (exact) mass is 365 g/mol. The Balaban J connectivity index is 2.10. The third kappa shape index (κ3) is 4.38. The van der Waals surface area contributed by atoms with Crippen LogP contribution in [-0.2, 0) is 11.2 Å². The van der Waals surface area contributed by atoms with E-state index in [2.05, 4.69) is 44.7 Å². The Morgan fingerprint density at radius 3 is 2.40 bits per heavy atom. The molecule has 1 aromatic carbocycles. The van der Waals surface area contributed by atoms with Crippen molar-refractivity contribution in [2.24, 2.45) is 5.92 Å². The molecule has 140 valence electrons. The number of esters is 1. The standard InChI is InChI=1S/C21H32ClNO2/c1-15(2)23-19(8-6-7-13-22)18(21(23,3)4)14-16-9-11-17(12-10-16)20(24)25-5/h9-12,15,18-19H,6-8,13-14H2,1-5H3. The number of likely N-dealkylation sites (tertiary alicyclic amines) is 1. The van der Waals surface area contributed by atoms with E-state index < -0.39 is 0 Å². The molecule has 0 radical (unpaired) electrons. The molecule has 1 heterocycles. The molecular weight excluding hydrogens is 334 g/mol. The number of nitrogens with zero attached hydrogens (tertiary/aromatic N) is 1. The van der Waals surface area contributed by atoms with E-state index in [1.54, 1.807) is 0 Å². The summed E-state index contributed by atoms with van der Waals surface area (Å²) in [7, 11) is 1.42. The van der Waals surface area contributed by atoms with E-state index in [0.29, 0.717) is 23.6 Å². The van der Waals surface area contributed by atoms with Crippen molar-refractivity contribution in [1.82, 2.24) is 4.90 Å². The number of unbranched alkanes of at least 4 members (excludes halogenated alkanes) is 1. The number of hydrogen-bond acceptors (Lipinski definition) is 3. The van der Waals surface area contributed by atoms with Crippen LogP contribution in [0.1, 0.15) is 62.9 Å². The van der Waals surface area contributed by atoms with Crippen molar-refractivity contribution in [3.63, 3.8) is 0 Å². The summed E-state index contributed by atoms with van der Waals surface area (Å²) < 4.78 is 4.78. The van der Waals surface area contributed by atoms with Crippen LogP contribution in [-0.4, -0.2) is 41.5 Å². The van der Waals surface area contributed by atoms with E-state index >= 15 is 0 Å². The molecule has 0 N–H and O–H groups in total. The molecule has 0 spiro atoms. The van der Waals surface area contributed by atoms with Crippen molar-refractivity contribution >= 4 is 17.6 Å². The van der Waals surface area contributed by atoms with Gasteiger partial charge in [0.15, 0.2) is 0 Å². The van der Waals surface area contributed by atoms with Crippen LogP contribution < -0.4 is 0 Å².